The zero-order chi connectivity index (χ0) is 23.8. The molecule has 0 heterocycles. The summed E-state index contributed by atoms with van der Waals surface area (Å²) in [5, 5.41) is 21.6. The van der Waals surface area contributed by atoms with Crippen molar-refractivity contribution in [1.82, 2.24) is 5.32 Å². The smallest absolute Gasteiger partial charge is 0.246 e. The number of phenols is 1. The first-order valence-corrected chi connectivity index (χ1v) is 10.3. The second-order valence-electron chi connectivity index (χ2n) is 7.39. The molecule has 7 nitrogen and oxygen atoms in total. The molecule has 0 aromatic heterocycles. The fraction of sp³-hybridized carbons (Fsp3) is 0.154. The van der Waals surface area contributed by atoms with Crippen LogP contribution in [-0.2, 0) is 11.2 Å². The highest BCUT2D eigenvalue weighted by Crippen LogP contribution is 2.36. The van der Waals surface area contributed by atoms with Crippen LogP contribution in [0.1, 0.15) is 28.4 Å². The standard InChI is InChI=1S/C26H25N3O4/c1-17(2)26(32)27-14-13-18-9-11-20(12-10-18)28-29-22-15-21(23(30)16-24(22)33-3)25(31)19-7-5-4-6-8-19/h4-12,15-16,30H,1,13-14H2,2-3H3,(H,27,32)/b29-28+. The van der Waals surface area contributed by atoms with Crippen molar-refractivity contribution in [1.29, 1.82) is 0 Å². The first kappa shape index (κ1) is 23.4. The minimum atomic E-state index is -0.324. The van der Waals surface area contributed by atoms with E-state index in [4.69, 9.17) is 4.74 Å². The molecule has 7 heteroatoms. The van der Waals surface area contributed by atoms with Crippen LogP contribution in [0.5, 0.6) is 11.5 Å². The van der Waals surface area contributed by atoms with Crippen molar-refractivity contribution in [2.75, 3.05) is 13.7 Å². The van der Waals surface area contributed by atoms with Crippen molar-refractivity contribution in [2.45, 2.75) is 13.3 Å². The average molecular weight is 444 g/mol. The molecule has 3 rings (SSSR count). The Labute approximate surface area is 192 Å². The lowest BCUT2D eigenvalue weighted by Crippen LogP contribution is -2.25. The maximum absolute atomic E-state index is 12.8. The van der Waals surface area contributed by atoms with E-state index in [2.05, 4.69) is 22.1 Å². The Kier molecular flexibility index (Phi) is 7.70. The molecule has 0 saturated heterocycles. The van der Waals surface area contributed by atoms with Crippen LogP contribution in [0.2, 0.25) is 0 Å². The minimum Gasteiger partial charge on any atom is -0.507 e. The fourth-order valence-corrected chi connectivity index (χ4v) is 3.04. The van der Waals surface area contributed by atoms with Gasteiger partial charge in [-0.25, -0.2) is 0 Å². The van der Waals surface area contributed by atoms with Crippen molar-refractivity contribution < 1.29 is 19.4 Å². The van der Waals surface area contributed by atoms with E-state index in [1.54, 1.807) is 31.2 Å². The Hall–Kier alpha value is -4.26. The Morgan fingerprint density at radius 2 is 1.73 bits per heavy atom. The highest BCUT2D eigenvalue weighted by Gasteiger charge is 2.17. The molecule has 3 aromatic carbocycles. The number of azo groups is 1. The quantitative estimate of drug-likeness (QED) is 0.267. The molecule has 0 bridgehead atoms. The van der Waals surface area contributed by atoms with Crippen molar-refractivity contribution in [2.24, 2.45) is 10.2 Å². The minimum absolute atomic E-state index is 0.114. The summed E-state index contributed by atoms with van der Waals surface area (Å²) < 4.78 is 5.29. The first-order chi connectivity index (χ1) is 15.9. The lowest BCUT2D eigenvalue weighted by atomic mass is 10.0. The molecule has 0 atom stereocenters. The number of ether oxygens (including phenoxy) is 1. The molecule has 0 saturated carbocycles. The number of nitrogens with one attached hydrogen (secondary N) is 1. The number of hydrogen-bond donors (Lipinski definition) is 2. The maximum Gasteiger partial charge on any atom is 0.246 e. The molecule has 1 amide bonds. The number of ketones is 1. The highest BCUT2D eigenvalue weighted by atomic mass is 16.5. The van der Waals surface area contributed by atoms with E-state index in [9.17, 15) is 14.7 Å². The second-order valence-corrected chi connectivity index (χ2v) is 7.39. The molecule has 3 aromatic rings. The van der Waals surface area contributed by atoms with Gasteiger partial charge in [0.1, 0.15) is 17.2 Å². The molecule has 0 fully saturated rings. The number of nitrogens with zero attached hydrogens (tertiary/aromatic N) is 2. The molecule has 0 spiro atoms. The summed E-state index contributed by atoms with van der Waals surface area (Å²) in [5.41, 5.74) is 3.01. The van der Waals surface area contributed by atoms with Crippen LogP contribution in [-0.4, -0.2) is 30.5 Å². The summed E-state index contributed by atoms with van der Waals surface area (Å²) in [4.78, 5) is 24.3. The Morgan fingerprint density at radius 3 is 2.36 bits per heavy atom. The van der Waals surface area contributed by atoms with Gasteiger partial charge in [0.2, 0.25) is 5.91 Å². The summed E-state index contributed by atoms with van der Waals surface area (Å²) in [6.07, 6.45) is 0.674. The summed E-state index contributed by atoms with van der Waals surface area (Å²) in [5.74, 6) is -0.378. The van der Waals surface area contributed by atoms with Crippen molar-refractivity contribution in [3.05, 3.63) is 95.6 Å². The number of amides is 1. The van der Waals surface area contributed by atoms with Gasteiger partial charge in [-0.05, 0) is 37.1 Å². The zero-order valence-electron chi connectivity index (χ0n) is 18.5. The average Bonchev–Trinajstić information content (AvgIpc) is 2.83. The lowest BCUT2D eigenvalue weighted by molar-refractivity contribution is -0.117. The van der Waals surface area contributed by atoms with Crippen LogP contribution >= 0.6 is 0 Å². The molecule has 168 valence electrons. The number of methoxy groups -OCH3 is 1. The van der Waals surface area contributed by atoms with E-state index in [1.807, 2.05) is 30.3 Å². The van der Waals surface area contributed by atoms with Gasteiger partial charge in [-0.1, -0.05) is 49.0 Å². The van der Waals surface area contributed by atoms with E-state index in [1.165, 1.54) is 19.2 Å². The summed E-state index contributed by atoms with van der Waals surface area (Å²) in [6, 6.07) is 18.9. The molecule has 0 aliphatic carbocycles. The number of rotatable bonds is 9. The summed E-state index contributed by atoms with van der Waals surface area (Å²) in [6.45, 7) is 5.78. The Morgan fingerprint density at radius 1 is 1.03 bits per heavy atom. The monoisotopic (exact) mass is 443 g/mol. The van der Waals surface area contributed by atoms with E-state index >= 15 is 0 Å². The number of phenolic OH excluding ortho intramolecular Hbond substituents is 1. The second kappa shape index (κ2) is 10.9. The number of aromatic hydroxyl groups is 1. The molecule has 0 radical (unpaired) electrons. The Bertz CT molecular complexity index is 1190. The number of carbonyl (C=O) groups is 2. The SMILES string of the molecule is C=C(C)C(=O)NCCc1ccc(/N=N/c2cc(C(=O)c3ccccc3)c(O)cc2OC)cc1. The Balaban J connectivity index is 1.75. The normalized spacial score (nSPS) is 10.7. The van der Waals surface area contributed by atoms with Crippen LogP contribution in [0, 0.1) is 0 Å². The van der Waals surface area contributed by atoms with E-state index in [-0.39, 0.29) is 23.0 Å². The maximum atomic E-state index is 12.8. The largest absolute Gasteiger partial charge is 0.507 e. The molecule has 0 aliphatic heterocycles. The van der Waals surface area contributed by atoms with Crippen LogP contribution in [0.25, 0.3) is 0 Å². The van der Waals surface area contributed by atoms with E-state index in [0.29, 0.717) is 41.2 Å². The summed E-state index contributed by atoms with van der Waals surface area (Å²) >= 11 is 0. The molecular formula is C26H25N3O4. The lowest BCUT2D eigenvalue weighted by Gasteiger charge is -2.09. The molecular weight excluding hydrogens is 418 g/mol. The predicted molar refractivity (Wildman–Crippen MR) is 127 cm³/mol. The van der Waals surface area contributed by atoms with E-state index < -0.39 is 0 Å². The highest BCUT2D eigenvalue weighted by molar-refractivity contribution is 6.11. The first-order valence-electron chi connectivity index (χ1n) is 10.3. The van der Waals surface area contributed by atoms with E-state index in [0.717, 1.165) is 5.56 Å². The molecule has 2 N–H and O–H groups in total. The van der Waals surface area contributed by atoms with Crippen LogP contribution in [0.4, 0.5) is 11.4 Å². The van der Waals surface area contributed by atoms with Gasteiger partial charge in [0.05, 0.1) is 18.4 Å². The molecule has 0 unspecified atom stereocenters. The number of carbonyl (C=O) groups excluding carboxylic acids is 2. The third-order valence-electron chi connectivity index (χ3n) is 4.87. The summed E-state index contributed by atoms with van der Waals surface area (Å²) in [7, 11) is 1.45. The van der Waals surface area contributed by atoms with Gasteiger partial charge in [0, 0.05) is 23.7 Å². The van der Waals surface area contributed by atoms with Gasteiger partial charge >= 0.3 is 0 Å². The topological polar surface area (TPSA) is 100 Å². The van der Waals surface area contributed by atoms with Crippen molar-refractivity contribution in [3.63, 3.8) is 0 Å². The van der Waals surface area contributed by atoms with Crippen LogP contribution < -0.4 is 10.1 Å². The number of hydrogen-bond acceptors (Lipinski definition) is 6. The fourth-order valence-electron chi connectivity index (χ4n) is 3.04. The van der Waals surface area contributed by atoms with Gasteiger partial charge in [0.15, 0.2) is 5.78 Å². The number of benzene rings is 3. The van der Waals surface area contributed by atoms with Gasteiger partial charge < -0.3 is 15.2 Å². The van der Waals surface area contributed by atoms with Crippen LogP contribution in [0.15, 0.2) is 89.1 Å². The van der Waals surface area contributed by atoms with Crippen molar-refractivity contribution in [3.8, 4) is 11.5 Å². The third kappa shape index (κ3) is 6.13. The van der Waals surface area contributed by atoms with Crippen molar-refractivity contribution >= 4 is 23.1 Å². The van der Waals surface area contributed by atoms with Gasteiger partial charge in [-0.2, -0.15) is 5.11 Å². The third-order valence-corrected chi connectivity index (χ3v) is 4.87. The van der Waals surface area contributed by atoms with Gasteiger partial charge in [-0.3, -0.25) is 9.59 Å². The van der Waals surface area contributed by atoms with Gasteiger partial charge in [0.25, 0.3) is 0 Å². The zero-order valence-corrected chi connectivity index (χ0v) is 18.5. The molecule has 33 heavy (non-hydrogen) atoms. The van der Waals surface area contributed by atoms with Crippen LogP contribution in [0.3, 0.4) is 0 Å². The molecule has 0 aliphatic rings. The van der Waals surface area contributed by atoms with Gasteiger partial charge in [-0.15, -0.1) is 5.11 Å². The predicted octanol–water partition coefficient (Wildman–Crippen LogP) is 5.28.